The molecule has 92 valence electrons. The molecule has 1 aromatic rings. The summed E-state index contributed by atoms with van der Waals surface area (Å²) in [6.07, 6.45) is 0.970. The highest BCUT2D eigenvalue weighted by molar-refractivity contribution is 7.80. The molecule has 0 radical (unpaired) electrons. The number of rotatable bonds is 3. The number of thiocarbonyl (C=S) groups is 1. The molecule has 1 aromatic heterocycles. The van der Waals surface area contributed by atoms with E-state index in [0.717, 1.165) is 0 Å². The Balaban J connectivity index is 2.59. The fourth-order valence-corrected chi connectivity index (χ4v) is 1.23. The third-order valence-electron chi connectivity index (χ3n) is 1.71. The van der Waals surface area contributed by atoms with E-state index < -0.39 is 6.09 Å². The molecular formula is C10H13N3O3S. The van der Waals surface area contributed by atoms with E-state index in [9.17, 15) is 4.79 Å². The van der Waals surface area contributed by atoms with Gasteiger partial charge in [-0.3, -0.25) is 5.32 Å². The van der Waals surface area contributed by atoms with Crippen LogP contribution in [0.4, 0.5) is 10.6 Å². The van der Waals surface area contributed by atoms with Gasteiger partial charge in [0.2, 0.25) is 0 Å². The maximum Gasteiger partial charge on any atom is 0.413 e. The number of pyridine rings is 1. The Morgan fingerprint density at radius 2 is 2.35 bits per heavy atom. The Labute approximate surface area is 104 Å². The van der Waals surface area contributed by atoms with Gasteiger partial charge in [0.1, 0.15) is 0 Å². The van der Waals surface area contributed by atoms with E-state index in [0.29, 0.717) is 11.6 Å². The number of anilines is 1. The molecule has 6 nitrogen and oxygen atoms in total. The number of nitrogens with one attached hydrogen (secondary N) is 2. The van der Waals surface area contributed by atoms with Crippen LogP contribution in [0.2, 0.25) is 0 Å². The van der Waals surface area contributed by atoms with Crippen molar-refractivity contribution in [1.82, 2.24) is 10.3 Å². The van der Waals surface area contributed by atoms with E-state index in [2.05, 4.69) is 20.4 Å². The molecule has 7 heteroatoms. The minimum atomic E-state index is -0.611. The Bertz CT molecular complexity index is 412. The molecule has 2 N–H and O–H groups in total. The molecule has 0 bridgehead atoms. The molecule has 0 saturated heterocycles. The smallest absolute Gasteiger partial charge is 0.413 e. The molecule has 17 heavy (non-hydrogen) atoms. The maximum atomic E-state index is 11.1. The summed E-state index contributed by atoms with van der Waals surface area (Å²) in [4.78, 5) is 15.1. The third kappa shape index (κ3) is 4.23. The number of carbonyl (C=O) groups is 1. The Morgan fingerprint density at radius 3 is 3.00 bits per heavy atom. The van der Waals surface area contributed by atoms with Gasteiger partial charge in [-0.1, -0.05) is 0 Å². The number of aromatic nitrogens is 1. The van der Waals surface area contributed by atoms with Crippen LogP contribution in [0.5, 0.6) is 5.75 Å². The van der Waals surface area contributed by atoms with Crippen LogP contribution in [0.1, 0.15) is 6.92 Å². The van der Waals surface area contributed by atoms with Crippen LogP contribution in [-0.2, 0) is 4.74 Å². The van der Waals surface area contributed by atoms with E-state index in [1.54, 1.807) is 25.3 Å². The summed E-state index contributed by atoms with van der Waals surface area (Å²) in [5, 5.41) is 5.18. The first-order valence-corrected chi connectivity index (χ1v) is 5.32. The van der Waals surface area contributed by atoms with Crippen LogP contribution in [-0.4, -0.2) is 29.9 Å². The van der Waals surface area contributed by atoms with Gasteiger partial charge in [-0.15, -0.1) is 0 Å². The normalized spacial score (nSPS) is 9.29. The number of alkyl carbamates (subject to hydrolysis) is 1. The molecule has 0 aromatic carbocycles. The van der Waals surface area contributed by atoms with Crippen molar-refractivity contribution in [2.24, 2.45) is 0 Å². The molecule has 1 rings (SSSR count). The number of hydrogen-bond donors (Lipinski definition) is 2. The molecule has 0 saturated carbocycles. The minimum absolute atomic E-state index is 0.0976. The highest BCUT2D eigenvalue weighted by atomic mass is 32.1. The number of nitrogens with zero attached hydrogens (tertiary/aromatic N) is 1. The van der Waals surface area contributed by atoms with E-state index in [1.165, 1.54) is 7.11 Å². The summed E-state index contributed by atoms with van der Waals surface area (Å²) in [7, 11) is 1.52. The SMILES string of the molecule is CCOC(=O)NC(=S)Nc1ncccc1OC. The average molecular weight is 255 g/mol. The minimum Gasteiger partial charge on any atom is -0.493 e. The second-order valence-corrected chi connectivity index (χ2v) is 3.26. The second kappa shape index (κ2) is 6.64. The van der Waals surface area contributed by atoms with Gasteiger partial charge in [-0.25, -0.2) is 9.78 Å². The van der Waals surface area contributed by atoms with Gasteiger partial charge in [0, 0.05) is 6.20 Å². The van der Waals surface area contributed by atoms with Gasteiger partial charge in [-0.2, -0.15) is 0 Å². The predicted molar refractivity (Wildman–Crippen MR) is 67.2 cm³/mol. The summed E-state index contributed by atoms with van der Waals surface area (Å²) in [5.74, 6) is 0.956. The number of amides is 1. The fourth-order valence-electron chi connectivity index (χ4n) is 1.05. The Kier molecular flexibility index (Phi) is 5.15. The van der Waals surface area contributed by atoms with Gasteiger partial charge >= 0.3 is 6.09 Å². The second-order valence-electron chi connectivity index (χ2n) is 2.85. The molecule has 0 spiro atoms. The molecule has 1 amide bonds. The van der Waals surface area contributed by atoms with E-state index >= 15 is 0 Å². The zero-order chi connectivity index (χ0) is 12.7. The topological polar surface area (TPSA) is 72.5 Å². The zero-order valence-corrected chi connectivity index (χ0v) is 10.3. The zero-order valence-electron chi connectivity index (χ0n) is 9.52. The Hall–Kier alpha value is -1.89. The molecular weight excluding hydrogens is 242 g/mol. The van der Waals surface area contributed by atoms with Crippen LogP contribution in [0, 0.1) is 0 Å². The van der Waals surface area contributed by atoms with Crippen LogP contribution >= 0.6 is 12.2 Å². The fraction of sp³-hybridized carbons (Fsp3) is 0.300. The highest BCUT2D eigenvalue weighted by Gasteiger charge is 2.08. The van der Waals surface area contributed by atoms with Crippen molar-refractivity contribution in [2.75, 3.05) is 19.0 Å². The average Bonchev–Trinajstić information content (AvgIpc) is 2.29. The van der Waals surface area contributed by atoms with E-state index in [4.69, 9.17) is 17.0 Å². The van der Waals surface area contributed by atoms with E-state index in [1.807, 2.05) is 0 Å². The largest absolute Gasteiger partial charge is 0.493 e. The monoisotopic (exact) mass is 255 g/mol. The summed E-state index contributed by atoms with van der Waals surface area (Å²) >= 11 is 4.92. The van der Waals surface area contributed by atoms with Gasteiger partial charge in [0.15, 0.2) is 16.7 Å². The lowest BCUT2D eigenvalue weighted by molar-refractivity contribution is 0.158. The van der Waals surface area contributed by atoms with Crippen molar-refractivity contribution in [3.05, 3.63) is 18.3 Å². The lowest BCUT2D eigenvalue weighted by Gasteiger charge is -2.10. The van der Waals surface area contributed by atoms with Crippen LogP contribution in [0.25, 0.3) is 0 Å². The van der Waals surface area contributed by atoms with Gasteiger partial charge in [0.05, 0.1) is 13.7 Å². The number of hydrogen-bond acceptors (Lipinski definition) is 5. The standard InChI is InChI=1S/C10H13N3O3S/c1-3-16-10(14)13-9(17)12-8-7(15-2)5-4-6-11-8/h4-6H,3H2,1-2H3,(H2,11,12,13,14,17). The van der Waals surface area contributed by atoms with E-state index in [-0.39, 0.29) is 11.7 Å². The lowest BCUT2D eigenvalue weighted by Crippen LogP contribution is -2.34. The third-order valence-corrected chi connectivity index (χ3v) is 1.92. The summed E-state index contributed by atoms with van der Waals surface area (Å²) in [6, 6.07) is 3.45. The predicted octanol–water partition coefficient (Wildman–Crippen LogP) is 1.53. The van der Waals surface area contributed by atoms with Crippen molar-refractivity contribution in [2.45, 2.75) is 6.92 Å². The van der Waals surface area contributed by atoms with Crippen molar-refractivity contribution in [1.29, 1.82) is 0 Å². The van der Waals surface area contributed by atoms with Crippen LogP contribution < -0.4 is 15.4 Å². The number of carbonyl (C=O) groups excluding carboxylic acids is 1. The number of methoxy groups -OCH3 is 1. The molecule has 0 unspecified atom stereocenters. The van der Waals surface area contributed by atoms with Crippen molar-refractivity contribution < 1.29 is 14.3 Å². The summed E-state index contributed by atoms with van der Waals surface area (Å²) < 4.78 is 9.75. The van der Waals surface area contributed by atoms with Gasteiger partial charge < -0.3 is 14.8 Å². The molecule has 0 atom stereocenters. The van der Waals surface area contributed by atoms with Crippen molar-refractivity contribution in [3.63, 3.8) is 0 Å². The molecule has 0 aliphatic rings. The quantitative estimate of drug-likeness (QED) is 0.798. The van der Waals surface area contributed by atoms with Crippen LogP contribution in [0.15, 0.2) is 18.3 Å². The first kappa shape index (κ1) is 13.2. The Morgan fingerprint density at radius 1 is 1.59 bits per heavy atom. The van der Waals surface area contributed by atoms with Gasteiger partial charge in [0.25, 0.3) is 0 Å². The number of ether oxygens (including phenoxy) is 2. The molecule has 1 heterocycles. The summed E-state index contributed by atoms with van der Waals surface area (Å²) in [5.41, 5.74) is 0. The lowest BCUT2D eigenvalue weighted by atomic mass is 10.4. The summed E-state index contributed by atoms with van der Waals surface area (Å²) in [6.45, 7) is 1.99. The first-order valence-electron chi connectivity index (χ1n) is 4.91. The van der Waals surface area contributed by atoms with Gasteiger partial charge in [-0.05, 0) is 31.3 Å². The maximum absolute atomic E-state index is 11.1. The van der Waals surface area contributed by atoms with Crippen molar-refractivity contribution >= 4 is 29.2 Å². The molecule has 0 aliphatic heterocycles. The van der Waals surface area contributed by atoms with Crippen molar-refractivity contribution in [3.8, 4) is 5.75 Å². The molecule has 0 fully saturated rings. The van der Waals surface area contributed by atoms with Crippen LogP contribution in [0.3, 0.4) is 0 Å². The highest BCUT2D eigenvalue weighted by Crippen LogP contribution is 2.19. The molecule has 0 aliphatic carbocycles. The first-order chi connectivity index (χ1) is 8.17.